The smallest absolute Gasteiger partial charge is 0.239 e. The molecule has 0 spiro atoms. The van der Waals surface area contributed by atoms with Gasteiger partial charge in [0.25, 0.3) is 0 Å². The predicted molar refractivity (Wildman–Crippen MR) is 59.5 cm³/mol. The van der Waals surface area contributed by atoms with Crippen molar-refractivity contribution < 1.29 is 9.53 Å². The monoisotopic (exact) mass is 214 g/mol. The standard InChI is InChI=1S/C11H22N2O2/c1-3-4-5-10(12)11(14)13-6-7-15-8-9(13)2/h9-10H,3-8,12H2,1-2H3/t9-,10+/m1/s1. The summed E-state index contributed by atoms with van der Waals surface area (Å²) in [6.45, 7) is 6.06. The molecule has 1 fully saturated rings. The second kappa shape index (κ2) is 6.08. The van der Waals surface area contributed by atoms with Crippen LogP contribution in [0.2, 0.25) is 0 Å². The van der Waals surface area contributed by atoms with E-state index in [9.17, 15) is 4.79 Å². The Balaban J connectivity index is 2.43. The molecule has 0 aromatic carbocycles. The van der Waals surface area contributed by atoms with Crippen molar-refractivity contribution in [3.8, 4) is 0 Å². The number of nitrogens with zero attached hydrogens (tertiary/aromatic N) is 1. The second-order valence-electron chi connectivity index (χ2n) is 4.20. The molecule has 4 nitrogen and oxygen atoms in total. The van der Waals surface area contributed by atoms with Crippen molar-refractivity contribution in [3.63, 3.8) is 0 Å². The van der Waals surface area contributed by atoms with Crippen LogP contribution in [0.4, 0.5) is 0 Å². The zero-order valence-corrected chi connectivity index (χ0v) is 9.74. The molecule has 0 aromatic rings. The van der Waals surface area contributed by atoms with E-state index in [4.69, 9.17) is 10.5 Å². The zero-order valence-electron chi connectivity index (χ0n) is 9.74. The van der Waals surface area contributed by atoms with Gasteiger partial charge in [0.15, 0.2) is 0 Å². The van der Waals surface area contributed by atoms with Crippen LogP contribution in [0.25, 0.3) is 0 Å². The molecule has 0 aliphatic carbocycles. The molecule has 15 heavy (non-hydrogen) atoms. The molecule has 2 atom stereocenters. The van der Waals surface area contributed by atoms with Gasteiger partial charge >= 0.3 is 0 Å². The Morgan fingerprint density at radius 3 is 3.00 bits per heavy atom. The number of carbonyl (C=O) groups excluding carboxylic acids is 1. The average Bonchev–Trinajstić information content (AvgIpc) is 2.25. The molecule has 1 aliphatic heterocycles. The highest BCUT2D eigenvalue weighted by Gasteiger charge is 2.27. The molecular weight excluding hydrogens is 192 g/mol. The molecule has 1 rings (SSSR count). The predicted octanol–water partition coefficient (Wildman–Crippen LogP) is 0.751. The fourth-order valence-corrected chi connectivity index (χ4v) is 1.82. The maximum absolute atomic E-state index is 12.0. The maximum Gasteiger partial charge on any atom is 0.239 e. The SMILES string of the molecule is CCCC[C@H](N)C(=O)N1CCOC[C@H]1C. The van der Waals surface area contributed by atoms with Crippen LogP contribution in [0.15, 0.2) is 0 Å². The minimum atomic E-state index is -0.328. The molecule has 0 bridgehead atoms. The van der Waals surface area contributed by atoms with Crippen molar-refractivity contribution in [3.05, 3.63) is 0 Å². The van der Waals surface area contributed by atoms with Gasteiger partial charge in [0.2, 0.25) is 5.91 Å². The number of morpholine rings is 1. The summed E-state index contributed by atoms with van der Waals surface area (Å²) in [5, 5.41) is 0. The lowest BCUT2D eigenvalue weighted by Crippen LogP contribution is -2.52. The summed E-state index contributed by atoms with van der Waals surface area (Å²) in [5.41, 5.74) is 5.86. The maximum atomic E-state index is 12.0. The van der Waals surface area contributed by atoms with Crippen LogP contribution >= 0.6 is 0 Å². The van der Waals surface area contributed by atoms with E-state index in [-0.39, 0.29) is 18.0 Å². The molecule has 0 aromatic heterocycles. The van der Waals surface area contributed by atoms with E-state index in [1.807, 2.05) is 11.8 Å². The minimum absolute atomic E-state index is 0.0826. The summed E-state index contributed by atoms with van der Waals surface area (Å²) < 4.78 is 5.29. The molecule has 1 saturated heterocycles. The third-order valence-electron chi connectivity index (χ3n) is 2.84. The molecule has 0 radical (unpaired) electrons. The molecule has 88 valence electrons. The van der Waals surface area contributed by atoms with Crippen LogP contribution in [0, 0.1) is 0 Å². The lowest BCUT2D eigenvalue weighted by molar-refractivity contribution is -0.140. The number of ether oxygens (including phenoxy) is 1. The summed E-state index contributed by atoms with van der Waals surface area (Å²) in [6.07, 6.45) is 2.89. The first-order valence-corrected chi connectivity index (χ1v) is 5.80. The van der Waals surface area contributed by atoms with Crippen molar-refractivity contribution in [2.75, 3.05) is 19.8 Å². The molecule has 2 N–H and O–H groups in total. The Morgan fingerprint density at radius 2 is 2.40 bits per heavy atom. The van der Waals surface area contributed by atoms with Crippen molar-refractivity contribution in [1.29, 1.82) is 0 Å². The van der Waals surface area contributed by atoms with Crippen molar-refractivity contribution in [2.24, 2.45) is 5.73 Å². The van der Waals surface area contributed by atoms with Crippen LogP contribution in [0.3, 0.4) is 0 Å². The fourth-order valence-electron chi connectivity index (χ4n) is 1.82. The van der Waals surface area contributed by atoms with Crippen LogP contribution in [0.5, 0.6) is 0 Å². The largest absolute Gasteiger partial charge is 0.377 e. The topological polar surface area (TPSA) is 55.6 Å². The first kappa shape index (κ1) is 12.5. The summed E-state index contributed by atoms with van der Waals surface area (Å²) in [4.78, 5) is 13.8. The zero-order chi connectivity index (χ0) is 11.3. The number of rotatable bonds is 4. The van der Waals surface area contributed by atoms with Gasteiger partial charge in [0.05, 0.1) is 25.3 Å². The second-order valence-corrected chi connectivity index (χ2v) is 4.20. The molecular formula is C11H22N2O2. The number of hydrogen-bond donors (Lipinski definition) is 1. The van der Waals surface area contributed by atoms with Crippen LogP contribution in [-0.2, 0) is 9.53 Å². The quantitative estimate of drug-likeness (QED) is 0.751. The molecule has 0 unspecified atom stereocenters. The van der Waals surface area contributed by atoms with Gasteiger partial charge < -0.3 is 15.4 Å². The van der Waals surface area contributed by atoms with Gasteiger partial charge in [0, 0.05) is 6.54 Å². The highest BCUT2D eigenvalue weighted by Crippen LogP contribution is 2.10. The highest BCUT2D eigenvalue weighted by molar-refractivity contribution is 5.82. The van der Waals surface area contributed by atoms with Gasteiger partial charge in [-0.15, -0.1) is 0 Å². The van der Waals surface area contributed by atoms with E-state index in [2.05, 4.69) is 6.92 Å². The van der Waals surface area contributed by atoms with E-state index >= 15 is 0 Å². The van der Waals surface area contributed by atoms with E-state index in [0.717, 1.165) is 19.3 Å². The van der Waals surface area contributed by atoms with Gasteiger partial charge in [-0.1, -0.05) is 19.8 Å². The third-order valence-corrected chi connectivity index (χ3v) is 2.84. The summed E-state index contributed by atoms with van der Waals surface area (Å²) >= 11 is 0. The Bertz CT molecular complexity index is 209. The Morgan fingerprint density at radius 1 is 1.67 bits per heavy atom. The average molecular weight is 214 g/mol. The fraction of sp³-hybridized carbons (Fsp3) is 0.909. The van der Waals surface area contributed by atoms with E-state index < -0.39 is 0 Å². The van der Waals surface area contributed by atoms with Gasteiger partial charge in [0.1, 0.15) is 0 Å². The van der Waals surface area contributed by atoms with E-state index in [1.165, 1.54) is 0 Å². The molecule has 4 heteroatoms. The van der Waals surface area contributed by atoms with Crippen LogP contribution in [-0.4, -0.2) is 42.6 Å². The first-order valence-electron chi connectivity index (χ1n) is 5.80. The number of amides is 1. The molecule has 1 aliphatic rings. The minimum Gasteiger partial charge on any atom is -0.377 e. The molecule has 1 heterocycles. The van der Waals surface area contributed by atoms with Gasteiger partial charge in [-0.05, 0) is 13.3 Å². The number of nitrogens with two attached hydrogens (primary N) is 1. The lowest BCUT2D eigenvalue weighted by Gasteiger charge is -2.35. The van der Waals surface area contributed by atoms with Crippen molar-refractivity contribution >= 4 is 5.91 Å². The molecule has 1 amide bonds. The van der Waals surface area contributed by atoms with Crippen molar-refractivity contribution in [1.82, 2.24) is 4.90 Å². The summed E-state index contributed by atoms with van der Waals surface area (Å²) in [6, 6.07) is -0.163. The van der Waals surface area contributed by atoms with Gasteiger partial charge in [-0.3, -0.25) is 4.79 Å². The first-order chi connectivity index (χ1) is 7.16. The summed E-state index contributed by atoms with van der Waals surface area (Å²) in [7, 11) is 0. The Hall–Kier alpha value is -0.610. The highest BCUT2D eigenvalue weighted by atomic mass is 16.5. The lowest BCUT2D eigenvalue weighted by atomic mass is 10.1. The number of unbranched alkanes of at least 4 members (excludes halogenated alkanes) is 1. The number of hydrogen-bond acceptors (Lipinski definition) is 3. The van der Waals surface area contributed by atoms with E-state index in [0.29, 0.717) is 19.8 Å². The Labute approximate surface area is 91.8 Å². The van der Waals surface area contributed by atoms with E-state index in [1.54, 1.807) is 0 Å². The van der Waals surface area contributed by atoms with Crippen LogP contribution in [0.1, 0.15) is 33.1 Å². The number of carbonyl (C=O) groups is 1. The molecule has 0 saturated carbocycles. The van der Waals surface area contributed by atoms with Crippen molar-refractivity contribution in [2.45, 2.75) is 45.2 Å². The third kappa shape index (κ3) is 3.47. The van der Waals surface area contributed by atoms with Gasteiger partial charge in [-0.2, -0.15) is 0 Å². The normalized spacial score (nSPS) is 23.9. The van der Waals surface area contributed by atoms with Gasteiger partial charge in [-0.25, -0.2) is 0 Å². The van der Waals surface area contributed by atoms with Crippen LogP contribution < -0.4 is 5.73 Å². The summed E-state index contributed by atoms with van der Waals surface area (Å²) in [5.74, 6) is 0.0826. The Kier molecular flexibility index (Phi) is 5.05.